The van der Waals surface area contributed by atoms with E-state index in [0.717, 1.165) is 17.7 Å². The maximum atomic E-state index is 12.5. The third-order valence-electron chi connectivity index (χ3n) is 4.43. The van der Waals surface area contributed by atoms with E-state index in [2.05, 4.69) is 31.8 Å². The Balaban J connectivity index is 2.54. The molecular weight excluding hydrogens is 268 g/mol. The van der Waals surface area contributed by atoms with Crippen LogP contribution in [0.1, 0.15) is 40.0 Å². The van der Waals surface area contributed by atoms with Crippen LogP contribution in [0.15, 0.2) is 23.9 Å². The Morgan fingerprint density at radius 2 is 2.20 bits per heavy atom. The Morgan fingerprint density at radius 1 is 1.55 bits per heavy atom. The molecule has 2 atom stereocenters. The van der Waals surface area contributed by atoms with E-state index in [4.69, 9.17) is 12.2 Å². The van der Waals surface area contributed by atoms with Crippen LogP contribution in [0.3, 0.4) is 0 Å². The van der Waals surface area contributed by atoms with Crippen molar-refractivity contribution in [1.82, 2.24) is 5.32 Å². The molecule has 0 aromatic carbocycles. The molecule has 0 saturated carbocycles. The van der Waals surface area contributed by atoms with E-state index in [9.17, 15) is 10.1 Å². The molecular formula is C16H20N2OS. The van der Waals surface area contributed by atoms with Gasteiger partial charge < -0.3 is 5.32 Å². The van der Waals surface area contributed by atoms with Crippen molar-refractivity contribution >= 4 is 23.0 Å². The highest BCUT2D eigenvalue weighted by atomic mass is 32.1. The average Bonchev–Trinajstić information content (AvgIpc) is 2.32. The van der Waals surface area contributed by atoms with Crippen molar-refractivity contribution in [3.63, 3.8) is 0 Å². The Labute approximate surface area is 125 Å². The van der Waals surface area contributed by atoms with Crippen LogP contribution in [0.4, 0.5) is 0 Å². The van der Waals surface area contributed by atoms with E-state index >= 15 is 0 Å². The first-order valence-corrected chi connectivity index (χ1v) is 7.28. The molecule has 0 saturated heterocycles. The zero-order chi connectivity index (χ0) is 15.1. The lowest BCUT2D eigenvalue weighted by Crippen LogP contribution is -2.51. The molecule has 1 heterocycles. The van der Waals surface area contributed by atoms with E-state index in [1.54, 1.807) is 6.08 Å². The summed E-state index contributed by atoms with van der Waals surface area (Å²) < 4.78 is 0. The summed E-state index contributed by atoms with van der Waals surface area (Å²) in [5.41, 5.74) is 0.788. The molecule has 1 aliphatic carbocycles. The summed E-state index contributed by atoms with van der Waals surface area (Å²) in [4.78, 5) is 13.0. The van der Waals surface area contributed by atoms with Gasteiger partial charge in [-0.3, -0.25) is 4.79 Å². The van der Waals surface area contributed by atoms with Crippen molar-refractivity contribution in [2.45, 2.75) is 40.0 Å². The quantitative estimate of drug-likeness (QED) is 0.626. The first-order chi connectivity index (χ1) is 9.27. The van der Waals surface area contributed by atoms with Crippen molar-refractivity contribution in [2.75, 3.05) is 0 Å². The second-order valence-electron chi connectivity index (χ2n) is 6.58. The van der Waals surface area contributed by atoms with Crippen molar-refractivity contribution in [3.8, 4) is 6.07 Å². The van der Waals surface area contributed by atoms with Gasteiger partial charge in [0.2, 0.25) is 0 Å². The number of hydrogen-bond acceptors (Lipinski definition) is 3. The molecule has 0 aromatic rings. The molecule has 0 fully saturated rings. The van der Waals surface area contributed by atoms with Crippen molar-refractivity contribution in [3.05, 3.63) is 23.9 Å². The number of rotatable bonds is 2. The lowest BCUT2D eigenvalue weighted by Gasteiger charge is -2.44. The number of nitrogens with one attached hydrogen (secondary N) is 1. The molecule has 3 nitrogen and oxygen atoms in total. The summed E-state index contributed by atoms with van der Waals surface area (Å²) >= 11 is 5.44. The van der Waals surface area contributed by atoms with Gasteiger partial charge in [0.05, 0.1) is 6.07 Å². The smallest absolute Gasteiger partial charge is 0.161 e. The van der Waals surface area contributed by atoms with Crippen LogP contribution in [0.2, 0.25) is 0 Å². The number of carbonyl (C=O) groups excluding carboxylic acids is 1. The second kappa shape index (κ2) is 4.82. The summed E-state index contributed by atoms with van der Waals surface area (Å²) in [6.07, 6.45) is 3.49. The molecule has 106 valence electrons. The minimum absolute atomic E-state index is 0.0523. The lowest BCUT2D eigenvalue weighted by molar-refractivity contribution is -0.119. The van der Waals surface area contributed by atoms with Crippen LogP contribution >= 0.6 is 12.2 Å². The molecule has 2 rings (SSSR count). The summed E-state index contributed by atoms with van der Waals surface area (Å²) in [5.74, 6) is -0.0414. The topological polar surface area (TPSA) is 52.9 Å². The number of nitrogens with zero attached hydrogens (tertiary/aromatic N) is 1. The number of Topliss-reactive ketones (excluding diaryl/α,β-unsaturated/α-hetero) is 1. The number of ketones is 1. The second-order valence-corrected chi connectivity index (χ2v) is 6.99. The zero-order valence-corrected chi connectivity index (χ0v) is 13.1. The van der Waals surface area contributed by atoms with E-state index in [1.165, 1.54) is 0 Å². The summed E-state index contributed by atoms with van der Waals surface area (Å²) in [7, 11) is 0. The predicted octanol–water partition coefficient (Wildman–Crippen LogP) is 3.28. The maximum Gasteiger partial charge on any atom is 0.161 e. The third kappa shape index (κ3) is 2.10. The third-order valence-corrected chi connectivity index (χ3v) is 4.89. The summed E-state index contributed by atoms with van der Waals surface area (Å²) in [6, 6.07) is 2.33. The van der Waals surface area contributed by atoms with Crippen LogP contribution in [-0.4, -0.2) is 10.8 Å². The highest BCUT2D eigenvalue weighted by molar-refractivity contribution is 7.80. The Hall–Kier alpha value is -1.47. The monoisotopic (exact) mass is 288 g/mol. The van der Waals surface area contributed by atoms with E-state index in [1.807, 2.05) is 6.92 Å². The number of thiocarbonyl (C=S) groups is 1. The number of nitriles is 1. The van der Waals surface area contributed by atoms with Crippen LogP contribution in [0, 0.1) is 28.1 Å². The molecule has 20 heavy (non-hydrogen) atoms. The van der Waals surface area contributed by atoms with Gasteiger partial charge in [-0.25, -0.2) is 0 Å². The predicted molar refractivity (Wildman–Crippen MR) is 82.8 cm³/mol. The standard InChI is InChI=1S/C16H20N2OS/c1-5-6-16(9-17)10(2)13-11(18-14(16)20)7-15(3,4)8-12(13)19/h5,10H,1,6-8H2,2-4H3,(H,18,20)/t10-,16+/m0/s1. The fourth-order valence-corrected chi connectivity index (χ4v) is 3.76. The van der Waals surface area contributed by atoms with Gasteiger partial charge in [0.25, 0.3) is 0 Å². The highest BCUT2D eigenvalue weighted by Crippen LogP contribution is 2.47. The van der Waals surface area contributed by atoms with Gasteiger partial charge in [-0.05, 0) is 18.3 Å². The minimum atomic E-state index is -0.840. The van der Waals surface area contributed by atoms with Gasteiger partial charge in [0.1, 0.15) is 10.4 Å². The lowest BCUT2D eigenvalue weighted by atomic mass is 9.63. The molecule has 0 aromatic heterocycles. The SMILES string of the molecule is C=CC[C@]1(C#N)C(=S)NC2=C(C(=O)CC(C)(C)C2)[C@@H]1C. The van der Waals surface area contributed by atoms with Crippen molar-refractivity contribution < 1.29 is 4.79 Å². The fraction of sp³-hybridized carbons (Fsp3) is 0.562. The summed E-state index contributed by atoms with van der Waals surface area (Å²) in [6.45, 7) is 9.83. The van der Waals surface area contributed by atoms with Gasteiger partial charge in [-0.15, -0.1) is 6.58 Å². The molecule has 0 amide bonds. The van der Waals surface area contributed by atoms with E-state index in [-0.39, 0.29) is 17.1 Å². The molecule has 2 aliphatic rings. The minimum Gasteiger partial charge on any atom is -0.352 e. The van der Waals surface area contributed by atoms with Gasteiger partial charge in [-0.1, -0.05) is 39.1 Å². The van der Waals surface area contributed by atoms with Gasteiger partial charge in [-0.2, -0.15) is 5.26 Å². The molecule has 4 heteroatoms. The Kier molecular flexibility index (Phi) is 3.60. The number of allylic oxidation sites excluding steroid dienone is 3. The van der Waals surface area contributed by atoms with Gasteiger partial charge >= 0.3 is 0 Å². The number of hydrogen-bond donors (Lipinski definition) is 1. The fourth-order valence-electron chi connectivity index (χ4n) is 3.33. The first kappa shape index (κ1) is 14.9. The normalized spacial score (nSPS) is 32.2. The van der Waals surface area contributed by atoms with Crippen molar-refractivity contribution in [1.29, 1.82) is 5.26 Å². The van der Waals surface area contributed by atoms with Crippen LogP contribution in [0.25, 0.3) is 0 Å². The number of carbonyl (C=O) groups is 1. The zero-order valence-electron chi connectivity index (χ0n) is 12.2. The Bertz CT molecular complexity index is 568. The van der Waals surface area contributed by atoms with Gasteiger partial charge in [0.15, 0.2) is 5.78 Å². The average molecular weight is 288 g/mol. The summed E-state index contributed by atoms with van der Waals surface area (Å²) in [5, 5.41) is 12.8. The van der Waals surface area contributed by atoms with Crippen molar-refractivity contribution in [2.24, 2.45) is 16.7 Å². The molecule has 0 bridgehead atoms. The van der Waals surface area contributed by atoms with E-state index < -0.39 is 5.41 Å². The van der Waals surface area contributed by atoms with Crippen LogP contribution in [0.5, 0.6) is 0 Å². The van der Waals surface area contributed by atoms with Crippen LogP contribution < -0.4 is 5.32 Å². The van der Waals surface area contributed by atoms with E-state index in [0.29, 0.717) is 17.8 Å². The molecule has 1 aliphatic heterocycles. The molecule has 1 N–H and O–H groups in total. The van der Waals surface area contributed by atoms with Crippen LogP contribution in [-0.2, 0) is 4.79 Å². The Morgan fingerprint density at radius 3 is 2.75 bits per heavy atom. The molecule has 0 radical (unpaired) electrons. The molecule has 0 spiro atoms. The maximum absolute atomic E-state index is 12.5. The van der Waals surface area contributed by atoms with Gasteiger partial charge in [0, 0.05) is 23.6 Å². The molecule has 0 unspecified atom stereocenters. The highest BCUT2D eigenvalue weighted by Gasteiger charge is 2.50. The first-order valence-electron chi connectivity index (χ1n) is 6.87. The largest absolute Gasteiger partial charge is 0.352 e.